The fourth-order valence-corrected chi connectivity index (χ4v) is 1.73. The maximum atomic E-state index is 2.29. The summed E-state index contributed by atoms with van der Waals surface area (Å²) in [4.78, 5) is 2.22. The Hall–Kier alpha value is -1.50. The van der Waals surface area contributed by atoms with E-state index in [0.29, 0.717) is 6.04 Å². The third-order valence-electron chi connectivity index (χ3n) is 2.57. The van der Waals surface area contributed by atoms with Crippen LogP contribution in [0.5, 0.6) is 0 Å². The van der Waals surface area contributed by atoms with Crippen molar-refractivity contribution < 1.29 is 0 Å². The summed E-state index contributed by atoms with van der Waals surface area (Å²) in [6.45, 7) is 2.14. The zero-order valence-electron chi connectivity index (χ0n) is 8.64. The minimum absolute atomic E-state index is 0.390. The van der Waals surface area contributed by atoms with Gasteiger partial charge < -0.3 is 4.90 Å². The van der Waals surface area contributed by atoms with Gasteiger partial charge in [-0.25, -0.2) is 0 Å². The Morgan fingerprint density at radius 3 is 2.57 bits per heavy atom. The molecule has 1 unspecified atom stereocenters. The minimum atomic E-state index is 0.390. The lowest BCUT2D eigenvalue weighted by Crippen LogP contribution is -2.19. The van der Waals surface area contributed by atoms with E-state index in [2.05, 4.69) is 67.6 Å². The molecular formula is C13H15N. The molecule has 0 bridgehead atoms. The third kappa shape index (κ3) is 1.72. The monoisotopic (exact) mass is 185 g/mol. The van der Waals surface area contributed by atoms with Crippen LogP contribution in [-0.4, -0.2) is 11.9 Å². The predicted molar refractivity (Wildman–Crippen MR) is 59.8 cm³/mol. The molecule has 1 heterocycles. The van der Waals surface area contributed by atoms with Gasteiger partial charge >= 0.3 is 0 Å². The number of benzene rings is 1. The smallest absolute Gasteiger partial charge is 0.0723 e. The quantitative estimate of drug-likeness (QED) is 0.649. The lowest BCUT2D eigenvalue weighted by molar-refractivity contribution is 0.387. The number of likely N-dealkylation sites (N-methyl/N-ethyl adjacent to an activating group) is 1. The first-order chi connectivity index (χ1) is 6.77. The average molecular weight is 185 g/mol. The van der Waals surface area contributed by atoms with E-state index in [0.717, 1.165) is 0 Å². The molecule has 1 nitrogen and oxygen atoms in total. The van der Waals surface area contributed by atoms with Crippen LogP contribution in [0.25, 0.3) is 0 Å². The first-order valence-electron chi connectivity index (χ1n) is 4.91. The molecule has 1 heteroatoms. The van der Waals surface area contributed by atoms with Crippen molar-refractivity contribution >= 4 is 0 Å². The first kappa shape index (κ1) is 9.07. The van der Waals surface area contributed by atoms with Gasteiger partial charge in [-0.3, -0.25) is 0 Å². The molecule has 1 aromatic rings. The number of allylic oxidation sites excluding steroid dienone is 2. The lowest BCUT2D eigenvalue weighted by Gasteiger charge is -2.27. The maximum Gasteiger partial charge on any atom is 0.0723 e. The standard InChI is InChI=1S/C13H15N/c1-11-8-9-14(2)13(10-11)12-6-4-3-5-7-12/h3-10,13H,1-2H3. The molecule has 1 atom stereocenters. The van der Waals surface area contributed by atoms with Gasteiger partial charge in [0.1, 0.15) is 0 Å². The molecule has 72 valence electrons. The van der Waals surface area contributed by atoms with Gasteiger partial charge in [-0.05, 0) is 24.8 Å². The average Bonchev–Trinajstić information content (AvgIpc) is 2.23. The van der Waals surface area contributed by atoms with E-state index in [-0.39, 0.29) is 0 Å². The van der Waals surface area contributed by atoms with Crippen LogP contribution in [0, 0.1) is 0 Å². The molecule has 1 aliphatic rings. The van der Waals surface area contributed by atoms with E-state index < -0.39 is 0 Å². The van der Waals surface area contributed by atoms with Crippen molar-refractivity contribution in [1.29, 1.82) is 0 Å². The molecule has 0 radical (unpaired) electrons. The van der Waals surface area contributed by atoms with Gasteiger partial charge in [0.25, 0.3) is 0 Å². The van der Waals surface area contributed by atoms with Crippen LogP contribution in [0.3, 0.4) is 0 Å². The number of rotatable bonds is 1. The summed E-state index contributed by atoms with van der Waals surface area (Å²) in [5.74, 6) is 0. The van der Waals surface area contributed by atoms with Crippen molar-refractivity contribution in [3.05, 3.63) is 59.8 Å². The Morgan fingerprint density at radius 2 is 1.86 bits per heavy atom. The van der Waals surface area contributed by atoms with Gasteiger partial charge in [-0.1, -0.05) is 42.0 Å². The Morgan fingerprint density at radius 1 is 1.14 bits per heavy atom. The highest BCUT2D eigenvalue weighted by molar-refractivity contribution is 5.31. The highest BCUT2D eigenvalue weighted by Crippen LogP contribution is 2.25. The largest absolute Gasteiger partial charge is 0.370 e. The molecule has 1 aliphatic heterocycles. The van der Waals surface area contributed by atoms with Crippen molar-refractivity contribution in [2.75, 3.05) is 7.05 Å². The van der Waals surface area contributed by atoms with Gasteiger partial charge in [0.2, 0.25) is 0 Å². The maximum absolute atomic E-state index is 2.29. The zero-order valence-corrected chi connectivity index (χ0v) is 8.64. The Bertz CT molecular complexity index is 362. The molecule has 2 rings (SSSR count). The minimum Gasteiger partial charge on any atom is -0.370 e. The van der Waals surface area contributed by atoms with Gasteiger partial charge in [-0.2, -0.15) is 0 Å². The molecule has 0 aromatic heterocycles. The van der Waals surface area contributed by atoms with E-state index in [1.165, 1.54) is 11.1 Å². The molecule has 0 amide bonds. The summed E-state index contributed by atoms with van der Waals surface area (Å²) in [6, 6.07) is 11.0. The summed E-state index contributed by atoms with van der Waals surface area (Å²) in [5.41, 5.74) is 2.68. The highest BCUT2D eigenvalue weighted by Gasteiger charge is 2.13. The van der Waals surface area contributed by atoms with Crippen molar-refractivity contribution in [3.63, 3.8) is 0 Å². The van der Waals surface area contributed by atoms with Crippen molar-refractivity contribution in [3.8, 4) is 0 Å². The van der Waals surface area contributed by atoms with E-state index in [9.17, 15) is 0 Å². The van der Waals surface area contributed by atoms with E-state index in [1.54, 1.807) is 0 Å². The zero-order chi connectivity index (χ0) is 9.97. The molecule has 0 spiro atoms. The molecule has 0 aliphatic carbocycles. The summed E-state index contributed by atoms with van der Waals surface area (Å²) in [5, 5.41) is 0. The molecule has 1 aromatic carbocycles. The van der Waals surface area contributed by atoms with Crippen LogP contribution in [0.2, 0.25) is 0 Å². The van der Waals surface area contributed by atoms with Crippen LogP contribution >= 0.6 is 0 Å². The van der Waals surface area contributed by atoms with E-state index in [1.807, 2.05) is 0 Å². The number of nitrogens with zero attached hydrogens (tertiary/aromatic N) is 1. The van der Waals surface area contributed by atoms with Crippen LogP contribution in [-0.2, 0) is 0 Å². The van der Waals surface area contributed by atoms with Crippen molar-refractivity contribution in [2.24, 2.45) is 0 Å². The fraction of sp³-hybridized carbons (Fsp3) is 0.231. The second-order valence-corrected chi connectivity index (χ2v) is 3.75. The fourth-order valence-electron chi connectivity index (χ4n) is 1.73. The third-order valence-corrected chi connectivity index (χ3v) is 2.57. The van der Waals surface area contributed by atoms with Crippen molar-refractivity contribution in [2.45, 2.75) is 13.0 Å². The predicted octanol–water partition coefficient (Wildman–Crippen LogP) is 3.13. The molecule has 0 saturated heterocycles. The number of hydrogen-bond donors (Lipinski definition) is 0. The second kappa shape index (κ2) is 3.70. The Kier molecular flexibility index (Phi) is 2.40. The normalized spacial score (nSPS) is 20.9. The van der Waals surface area contributed by atoms with E-state index in [4.69, 9.17) is 0 Å². The van der Waals surface area contributed by atoms with Crippen LogP contribution in [0.15, 0.2) is 54.3 Å². The van der Waals surface area contributed by atoms with Gasteiger partial charge in [0.05, 0.1) is 6.04 Å². The van der Waals surface area contributed by atoms with E-state index >= 15 is 0 Å². The van der Waals surface area contributed by atoms with Gasteiger partial charge in [0.15, 0.2) is 0 Å². The van der Waals surface area contributed by atoms with Gasteiger partial charge in [-0.15, -0.1) is 0 Å². The lowest BCUT2D eigenvalue weighted by atomic mass is 10.0. The molecule has 0 fully saturated rings. The highest BCUT2D eigenvalue weighted by atomic mass is 15.1. The Labute approximate surface area is 85.4 Å². The first-order valence-corrected chi connectivity index (χ1v) is 4.91. The van der Waals surface area contributed by atoms with Gasteiger partial charge in [0, 0.05) is 7.05 Å². The summed E-state index contributed by atoms with van der Waals surface area (Å²) >= 11 is 0. The summed E-state index contributed by atoms with van der Waals surface area (Å²) < 4.78 is 0. The van der Waals surface area contributed by atoms with Crippen LogP contribution in [0.4, 0.5) is 0 Å². The van der Waals surface area contributed by atoms with Crippen molar-refractivity contribution in [1.82, 2.24) is 4.90 Å². The SMILES string of the molecule is CC1=CC(c2ccccc2)N(C)C=C1. The van der Waals surface area contributed by atoms with Crippen LogP contribution in [0.1, 0.15) is 18.5 Å². The topological polar surface area (TPSA) is 3.24 Å². The molecule has 0 N–H and O–H groups in total. The summed E-state index contributed by atoms with van der Waals surface area (Å²) in [7, 11) is 2.11. The summed E-state index contributed by atoms with van der Waals surface area (Å²) in [6.07, 6.45) is 6.56. The van der Waals surface area contributed by atoms with Crippen LogP contribution < -0.4 is 0 Å². The number of hydrogen-bond acceptors (Lipinski definition) is 1. The second-order valence-electron chi connectivity index (χ2n) is 3.75. The molecular weight excluding hydrogens is 170 g/mol. The molecule has 14 heavy (non-hydrogen) atoms. The Balaban J connectivity index is 2.31. The molecule has 0 saturated carbocycles.